The first kappa shape index (κ1) is 84.2. The summed E-state index contributed by atoms with van der Waals surface area (Å²) in [4.78, 5) is 21.0. The molecule has 516 valence electrons. The van der Waals surface area contributed by atoms with Gasteiger partial charge >= 0.3 is 0 Å². The largest absolute Gasteiger partial charge is 0.506 e. The van der Waals surface area contributed by atoms with E-state index in [1.165, 1.54) is 17.1 Å². The van der Waals surface area contributed by atoms with Crippen LogP contribution in [0.4, 0.5) is 30.2 Å². The number of phenols is 1. The summed E-state index contributed by atoms with van der Waals surface area (Å²) in [6.07, 6.45) is -2.90. The molecule has 0 bridgehead atoms. The monoisotopic (exact) mass is 1320 g/mol. The van der Waals surface area contributed by atoms with E-state index in [0.717, 1.165) is 89.2 Å². The minimum atomic E-state index is -1.91. The maximum absolute atomic E-state index is 12.5. The van der Waals surface area contributed by atoms with Gasteiger partial charge in [-0.15, -0.1) is 0 Å². The number of rotatable bonds is 24. The van der Waals surface area contributed by atoms with Crippen LogP contribution in [0.2, 0.25) is 18.1 Å². The molecule has 3 aromatic heterocycles. The van der Waals surface area contributed by atoms with Crippen molar-refractivity contribution in [3.8, 4) is 51.0 Å². The highest BCUT2D eigenvalue weighted by molar-refractivity contribution is 6.74. The summed E-state index contributed by atoms with van der Waals surface area (Å²) in [5, 5.41) is 40.5. The maximum atomic E-state index is 12.5. The average Bonchev–Trinajstić information content (AvgIpc) is 0.825. The SMILES string of the molecule is C.C.C.C.C.CC(C)(C)[Si](C)(C)OC(CO)CF.CCN(CC)c1ccc(-c2ccc3cccc(O)c3n2)cc1.CCN(CC)c1ccc(-c2ccc3cccc(OCC(O)CF)c3n2)cc1.CCN(CC)c1ccc(-c2ccc3cccc(OCC(O)CF)c3n2)cc1. The van der Waals surface area contributed by atoms with Gasteiger partial charge in [0.1, 0.15) is 79.2 Å². The zero-order chi connectivity index (χ0) is 64.7. The number of fused-ring (bicyclic) bond motifs is 3. The second-order valence-corrected chi connectivity index (χ2v) is 27.6. The van der Waals surface area contributed by atoms with Crippen LogP contribution in [-0.2, 0) is 4.43 Å². The molecule has 3 unspecified atom stereocenters. The van der Waals surface area contributed by atoms with Crippen LogP contribution < -0.4 is 24.2 Å². The van der Waals surface area contributed by atoms with Crippen molar-refractivity contribution >= 4 is 58.1 Å². The third-order valence-corrected chi connectivity index (χ3v) is 20.3. The lowest BCUT2D eigenvalue weighted by Gasteiger charge is -2.38. The van der Waals surface area contributed by atoms with Crippen molar-refractivity contribution in [3.63, 3.8) is 0 Å². The molecule has 6 aromatic carbocycles. The minimum absolute atomic E-state index is 0. The molecule has 0 aliphatic heterocycles. The van der Waals surface area contributed by atoms with Crippen molar-refractivity contribution in [2.24, 2.45) is 0 Å². The fraction of sp³-hybridized carbons (Fsp3) is 0.416. The molecule has 17 heteroatoms. The lowest BCUT2D eigenvalue weighted by molar-refractivity contribution is 0.0815. The molecule has 9 rings (SSSR count). The molecule has 0 amide bonds. The third kappa shape index (κ3) is 23.0. The summed E-state index contributed by atoms with van der Waals surface area (Å²) in [5.41, 5.74) is 11.3. The number of hydrogen-bond acceptors (Lipinski definition) is 13. The molecule has 0 spiro atoms. The molecule has 0 radical (unpaired) electrons. The van der Waals surface area contributed by atoms with Gasteiger partial charge in [0.2, 0.25) is 0 Å². The Morgan fingerprint density at radius 1 is 0.436 bits per heavy atom. The van der Waals surface area contributed by atoms with Gasteiger partial charge in [-0.1, -0.05) is 149 Å². The molecule has 0 aliphatic carbocycles. The van der Waals surface area contributed by atoms with E-state index in [-0.39, 0.29) is 67.7 Å². The van der Waals surface area contributed by atoms with Crippen LogP contribution in [-0.4, -0.2) is 141 Å². The van der Waals surface area contributed by atoms with Gasteiger partial charge in [-0.25, -0.2) is 28.1 Å². The van der Waals surface area contributed by atoms with Gasteiger partial charge in [0.05, 0.1) is 29.8 Å². The lowest BCUT2D eigenvalue weighted by atomic mass is 10.1. The molecule has 13 nitrogen and oxygen atoms in total. The minimum Gasteiger partial charge on any atom is -0.506 e. The van der Waals surface area contributed by atoms with Crippen molar-refractivity contribution in [1.29, 1.82) is 0 Å². The molecule has 94 heavy (non-hydrogen) atoms. The van der Waals surface area contributed by atoms with Gasteiger partial charge in [0.15, 0.2) is 8.32 Å². The lowest BCUT2D eigenvalue weighted by Crippen LogP contribution is -2.45. The van der Waals surface area contributed by atoms with E-state index in [9.17, 15) is 28.5 Å². The average molecular weight is 1320 g/mol. The second kappa shape index (κ2) is 41.1. The van der Waals surface area contributed by atoms with Gasteiger partial charge in [0, 0.05) is 89.2 Å². The number of pyridine rings is 3. The normalized spacial score (nSPS) is 11.7. The smallest absolute Gasteiger partial charge is 0.192 e. The summed E-state index contributed by atoms with van der Waals surface area (Å²) in [7, 11) is -1.91. The van der Waals surface area contributed by atoms with Crippen molar-refractivity contribution in [1.82, 2.24) is 15.0 Å². The molecule has 0 saturated carbocycles. The van der Waals surface area contributed by atoms with Gasteiger partial charge < -0.3 is 49.0 Å². The number of nitrogens with zero attached hydrogens (tertiary/aromatic N) is 6. The van der Waals surface area contributed by atoms with Crippen LogP contribution in [0, 0.1) is 0 Å². The summed E-state index contributed by atoms with van der Waals surface area (Å²) in [6.45, 7) is 26.4. The summed E-state index contributed by atoms with van der Waals surface area (Å²) < 4.78 is 54.1. The Bertz CT molecular complexity index is 3420. The first-order valence-electron chi connectivity index (χ1n) is 30.8. The number of aliphatic hydroxyl groups is 3. The number of hydrogen-bond donors (Lipinski definition) is 4. The quantitative estimate of drug-likeness (QED) is 0.0424. The van der Waals surface area contributed by atoms with E-state index in [2.05, 4.69) is 155 Å². The highest BCUT2D eigenvalue weighted by atomic mass is 28.4. The van der Waals surface area contributed by atoms with E-state index in [1.807, 2.05) is 85.9 Å². The highest BCUT2D eigenvalue weighted by Crippen LogP contribution is 2.38. The van der Waals surface area contributed by atoms with E-state index in [1.54, 1.807) is 18.2 Å². The summed E-state index contributed by atoms with van der Waals surface area (Å²) >= 11 is 0. The zero-order valence-electron chi connectivity index (χ0n) is 53.6. The molecule has 0 saturated heterocycles. The predicted molar refractivity (Wildman–Crippen MR) is 398 cm³/mol. The molecule has 9 aromatic rings. The Morgan fingerprint density at radius 3 is 1.03 bits per heavy atom. The summed E-state index contributed by atoms with van der Waals surface area (Å²) in [5.74, 6) is 1.31. The van der Waals surface area contributed by atoms with Crippen LogP contribution >= 0.6 is 0 Å². The molecule has 0 fully saturated rings. The number of aromatic hydroxyl groups is 1. The number of phenolic OH excluding ortho intramolecular Hbond substituents is 1. The Kier molecular flexibility index (Phi) is 36.8. The number of alkyl halides is 3. The number of anilines is 3. The molecule has 3 heterocycles. The highest BCUT2D eigenvalue weighted by Gasteiger charge is 2.39. The van der Waals surface area contributed by atoms with Crippen LogP contribution in [0.3, 0.4) is 0 Å². The van der Waals surface area contributed by atoms with E-state index in [0.29, 0.717) is 28.0 Å². The number of ether oxygens (including phenoxy) is 2. The zero-order valence-corrected chi connectivity index (χ0v) is 54.6. The van der Waals surface area contributed by atoms with Gasteiger partial charge in [-0.2, -0.15) is 0 Å². The van der Waals surface area contributed by atoms with Crippen molar-refractivity contribution < 1.29 is 47.5 Å². The van der Waals surface area contributed by atoms with Crippen LogP contribution in [0.15, 0.2) is 164 Å². The number of aliphatic hydroxyl groups excluding tert-OH is 3. The first-order chi connectivity index (χ1) is 42.8. The molecule has 0 aliphatic rings. The Hall–Kier alpha value is -7.80. The van der Waals surface area contributed by atoms with Crippen LogP contribution in [0.1, 0.15) is 99.4 Å². The molecule has 3 atom stereocenters. The number of para-hydroxylation sites is 3. The molecular formula is C77H111F3N6O7Si. The van der Waals surface area contributed by atoms with Crippen molar-refractivity contribution in [3.05, 3.63) is 164 Å². The third-order valence-electron chi connectivity index (χ3n) is 15.8. The van der Waals surface area contributed by atoms with E-state index in [4.69, 9.17) is 29.0 Å². The Balaban J connectivity index is 0.000000633. The Labute approximate surface area is 562 Å². The van der Waals surface area contributed by atoms with Crippen LogP contribution in [0.25, 0.3) is 66.5 Å². The predicted octanol–water partition coefficient (Wildman–Crippen LogP) is 18.9. The number of benzene rings is 6. The van der Waals surface area contributed by atoms with Crippen molar-refractivity contribution in [2.75, 3.05) is 93.8 Å². The van der Waals surface area contributed by atoms with E-state index < -0.39 is 46.7 Å². The fourth-order valence-electron chi connectivity index (χ4n) is 9.55. The fourth-order valence-corrected chi connectivity index (χ4v) is 10.9. The molecule has 4 N–H and O–H groups in total. The van der Waals surface area contributed by atoms with Gasteiger partial charge in [-0.3, -0.25) is 0 Å². The number of halogens is 3. The first-order valence-corrected chi connectivity index (χ1v) is 33.7. The van der Waals surface area contributed by atoms with E-state index >= 15 is 0 Å². The Morgan fingerprint density at radius 2 is 0.745 bits per heavy atom. The maximum Gasteiger partial charge on any atom is 0.192 e. The molecular weight excluding hydrogens is 1210 g/mol. The standard InChI is InChI=1S/2C22H25FN2O2.C19H20N2O.C9H21FO2Si.5CH4/c2*1-3-25(4-2)18-11-8-16(9-12-18)20-13-10-17-6-5-7-21(22(17)24-20)27-15-19(26)14-23;1-3-21(4-2)16-11-8-14(9-12-16)17-13-10-15-6-5-7-18(22)19(15)20-17;1-9(2,3)13(4,5)12-8(6-10)7-11;;;;;/h2*5-13,19,26H,3-4,14-15H2,1-2H3;5-13,22H,3-4H2,1-2H3;8,11H,6-7H2,1-5H3;5*1H4. The van der Waals surface area contributed by atoms with Crippen molar-refractivity contribution in [2.45, 2.75) is 136 Å². The topological polar surface area (TPSA) is 157 Å². The van der Waals surface area contributed by atoms with Gasteiger partial charge in [-0.05, 0) is 132 Å². The number of aromatic nitrogens is 3. The van der Waals surface area contributed by atoms with Gasteiger partial charge in [0.25, 0.3) is 0 Å². The second-order valence-electron chi connectivity index (χ2n) is 22.8. The summed E-state index contributed by atoms with van der Waals surface area (Å²) in [6, 6.07) is 53.7. The van der Waals surface area contributed by atoms with Crippen LogP contribution in [0.5, 0.6) is 17.2 Å².